The number of hydrogen-bond donors (Lipinski definition) is 3. The molecule has 1 fully saturated rings. The Morgan fingerprint density at radius 2 is 2.26 bits per heavy atom. The molecule has 1 aromatic rings. The van der Waals surface area contributed by atoms with E-state index in [-0.39, 0.29) is 23.0 Å². The molecule has 1 saturated heterocycles. The molecule has 0 aliphatic carbocycles. The Morgan fingerprint density at radius 3 is 2.84 bits per heavy atom. The number of sulfone groups is 1. The highest BCUT2D eigenvalue weighted by atomic mass is 32.2. The monoisotopic (exact) mass is 284 g/mol. The van der Waals surface area contributed by atoms with Gasteiger partial charge >= 0.3 is 0 Å². The SMILES string of the molecule is CC1(NC(=O)c2cnccc2NN)CCS(=O)(=O)C1. The minimum atomic E-state index is -3.07. The lowest BCUT2D eigenvalue weighted by Gasteiger charge is -2.24. The first-order chi connectivity index (χ1) is 8.85. The molecular weight excluding hydrogens is 268 g/mol. The molecule has 0 radical (unpaired) electrons. The minimum absolute atomic E-state index is 0.0443. The summed E-state index contributed by atoms with van der Waals surface area (Å²) < 4.78 is 23.0. The fourth-order valence-corrected chi connectivity index (χ4v) is 4.24. The first-order valence-corrected chi connectivity index (χ1v) is 7.61. The van der Waals surface area contributed by atoms with Gasteiger partial charge in [0.25, 0.3) is 5.91 Å². The zero-order valence-corrected chi connectivity index (χ0v) is 11.3. The van der Waals surface area contributed by atoms with Crippen molar-refractivity contribution >= 4 is 21.4 Å². The molecule has 1 amide bonds. The average Bonchev–Trinajstić information content (AvgIpc) is 2.63. The van der Waals surface area contributed by atoms with Crippen LogP contribution >= 0.6 is 0 Å². The lowest BCUT2D eigenvalue weighted by molar-refractivity contribution is 0.0916. The van der Waals surface area contributed by atoms with Gasteiger partial charge in [0.05, 0.1) is 28.3 Å². The summed E-state index contributed by atoms with van der Waals surface area (Å²) in [6.07, 6.45) is 3.30. The molecule has 104 valence electrons. The van der Waals surface area contributed by atoms with Crippen LogP contribution in [0.4, 0.5) is 5.69 Å². The number of hydrazine groups is 1. The summed E-state index contributed by atoms with van der Waals surface area (Å²) >= 11 is 0. The van der Waals surface area contributed by atoms with E-state index in [1.807, 2.05) is 0 Å². The van der Waals surface area contributed by atoms with Crippen LogP contribution in [0.2, 0.25) is 0 Å². The Bertz CT molecular complexity index is 602. The van der Waals surface area contributed by atoms with E-state index in [0.29, 0.717) is 12.1 Å². The van der Waals surface area contributed by atoms with Crippen molar-refractivity contribution in [3.05, 3.63) is 24.0 Å². The molecule has 8 heteroatoms. The summed E-state index contributed by atoms with van der Waals surface area (Å²) in [6, 6.07) is 1.57. The molecule has 0 spiro atoms. The molecule has 1 aromatic heterocycles. The molecular formula is C11H16N4O3S. The van der Waals surface area contributed by atoms with Crippen molar-refractivity contribution in [1.82, 2.24) is 10.3 Å². The number of anilines is 1. The van der Waals surface area contributed by atoms with Crippen LogP contribution in [-0.4, -0.2) is 36.4 Å². The normalized spacial score (nSPS) is 24.9. The summed E-state index contributed by atoms with van der Waals surface area (Å²) in [4.78, 5) is 16.0. The quantitative estimate of drug-likeness (QED) is 0.517. The van der Waals surface area contributed by atoms with E-state index in [9.17, 15) is 13.2 Å². The molecule has 1 aliphatic heterocycles. The van der Waals surface area contributed by atoms with Crippen LogP contribution in [0.25, 0.3) is 0 Å². The van der Waals surface area contributed by atoms with Crippen LogP contribution in [0.3, 0.4) is 0 Å². The summed E-state index contributed by atoms with van der Waals surface area (Å²) in [5, 5.41) is 2.75. The number of carbonyl (C=O) groups is 1. The maximum Gasteiger partial charge on any atom is 0.255 e. The Labute approximate surface area is 111 Å². The zero-order chi connectivity index (χ0) is 14.1. The van der Waals surface area contributed by atoms with Gasteiger partial charge in [-0.15, -0.1) is 0 Å². The van der Waals surface area contributed by atoms with Crippen LogP contribution < -0.4 is 16.6 Å². The summed E-state index contributed by atoms with van der Waals surface area (Å²) in [5.74, 6) is 4.98. The smallest absolute Gasteiger partial charge is 0.255 e. The Morgan fingerprint density at radius 1 is 1.53 bits per heavy atom. The summed E-state index contributed by atoms with van der Waals surface area (Å²) in [6.45, 7) is 1.72. The highest BCUT2D eigenvalue weighted by Crippen LogP contribution is 2.24. The topological polar surface area (TPSA) is 114 Å². The average molecular weight is 284 g/mol. The Hall–Kier alpha value is -1.67. The van der Waals surface area contributed by atoms with E-state index in [2.05, 4.69) is 15.7 Å². The Balaban J connectivity index is 2.18. The molecule has 0 aromatic carbocycles. The third kappa shape index (κ3) is 3.02. The van der Waals surface area contributed by atoms with Gasteiger partial charge in [-0.2, -0.15) is 0 Å². The number of nitrogens with two attached hydrogens (primary N) is 1. The Kier molecular flexibility index (Phi) is 3.46. The van der Waals surface area contributed by atoms with Gasteiger partial charge in [-0.05, 0) is 19.4 Å². The molecule has 0 bridgehead atoms. The van der Waals surface area contributed by atoms with Gasteiger partial charge < -0.3 is 10.7 Å². The van der Waals surface area contributed by atoms with Crippen molar-refractivity contribution in [2.24, 2.45) is 5.84 Å². The number of carbonyl (C=O) groups excluding carboxylic acids is 1. The zero-order valence-electron chi connectivity index (χ0n) is 10.5. The predicted molar refractivity (Wildman–Crippen MR) is 71.2 cm³/mol. The lowest BCUT2D eigenvalue weighted by atomic mass is 10.0. The van der Waals surface area contributed by atoms with Gasteiger partial charge in [-0.3, -0.25) is 15.6 Å². The first-order valence-electron chi connectivity index (χ1n) is 5.79. The third-order valence-corrected chi connectivity index (χ3v) is 5.04. The van der Waals surface area contributed by atoms with Crippen molar-refractivity contribution in [3.8, 4) is 0 Å². The number of pyridine rings is 1. The van der Waals surface area contributed by atoms with Crippen LogP contribution in [0.1, 0.15) is 23.7 Å². The van der Waals surface area contributed by atoms with Crippen molar-refractivity contribution < 1.29 is 13.2 Å². The highest BCUT2D eigenvalue weighted by Gasteiger charge is 2.39. The van der Waals surface area contributed by atoms with Gasteiger partial charge in [0.1, 0.15) is 0 Å². The largest absolute Gasteiger partial charge is 0.346 e. The van der Waals surface area contributed by atoms with Gasteiger partial charge in [0.15, 0.2) is 9.84 Å². The second-order valence-corrected chi connectivity index (χ2v) is 7.11. The van der Waals surface area contributed by atoms with Crippen LogP contribution in [-0.2, 0) is 9.84 Å². The third-order valence-electron chi connectivity index (χ3n) is 3.14. The molecule has 2 rings (SSSR count). The number of nitrogens with zero attached hydrogens (tertiary/aromatic N) is 1. The van der Waals surface area contributed by atoms with Crippen molar-refractivity contribution in [2.75, 3.05) is 16.9 Å². The van der Waals surface area contributed by atoms with Crippen LogP contribution in [0.15, 0.2) is 18.5 Å². The summed E-state index contributed by atoms with van der Waals surface area (Å²) in [7, 11) is -3.07. The van der Waals surface area contributed by atoms with E-state index < -0.39 is 15.4 Å². The lowest BCUT2D eigenvalue weighted by Crippen LogP contribution is -2.47. The molecule has 0 saturated carbocycles. The number of rotatable bonds is 3. The van der Waals surface area contributed by atoms with E-state index in [1.54, 1.807) is 13.0 Å². The fraction of sp³-hybridized carbons (Fsp3) is 0.455. The van der Waals surface area contributed by atoms with Gasteiger partial charge in [-0.25, -0.2) is 8.42 Å². The number of hydrogen-bond acceptors (Lipinski definition) is 6. The molecule has 1 atom stereocenters. The highest BCUT2D eigenvalue weighted by molar-refractivity contribution is 7.91. The maximum atomic E-state index is 12.2. The number of amides is 1. The molecule has 1 unspecified atom stereocenters. The number of nitrogen functional groups attached to an aromatic ring is 1. The minimum Gasteiger partial charge on any atom is -0.346 e. The van der Waals surface area contributed by atoms with E-state index in [1.165, 1.54) is 12.4 Å². The molecule has 1 aliphatic rings. The van der Waals surface area contributed by atoms with E-state index >= 15 is 0 Å². The molecule has 2 heterocycles. The van der Waals surface area contributed by atoms with Crippen molar-refractivity contribution in [3.63, 3.8) is 0 Å². The van der Waals surface area contributed by atoms with Gasteiger partial charge in [0.2, 0.25) is 0 Å². The van der Waals surface area contributed by atoms with E-state index in [4.69, 9.17) is 5.84 Å². The van der Waals surface area contributed by atoms with Crippen molar-refractivity contribution in [2.45, 2.75) is 18.9 Å². The van der Waals surface area contributed by atoms with Gasteiger partial charge in [-0.1, -0.05) is 0 Å². The summed E-state index contributed by atoms with van der Waals surface area (Å²) in [5.41, 5.74) is 2.40. The number of nitrogens with one attached hydrogen (secondary N) is 2. The second-order valence-electron chi connectivity index (χ2n) is 4.92. The predicted octanol–water partition coefficient (Wildman–Crippen LogP) is -0.326. The van der Waals surface area contributed by atoms with Crippen molar-refractivity contribution in [1.29, 1.82) is 0 Å². The standard InChI is InChI=1S/C11H16N4O3S/c1-11(3-5-19(17,18)7-11)14-10(16)8-6-13-4-2-9(8)15-12/h2,4,6H,3,5,7,12H2,1H3,(H,13,15)(H,14,16). The maximum absolute atomic E-state index is 12.2. The van der Waals surface area contributed by atoms with Gasteiger partial charge in [0, 0.05) is 12.4 Å². The van der Waals surface area contributed by atoms with Crippen LogP contribution in [0, 0.1) is 0 Å². The molecule has 4 N–H and O–H groups in total. The molecule has 7 nitrogen and oxygen atoms in total. The number of aromatic nitrogens is 1. The second kappa shape index (κ2) is 4.78. The molecule has 19 heavy (non-hydrogen) atoms. The first kappa shape index (κ1) is 13.8. The van der Waals surface area contributed by atoms with Crippen LogP contribution in [0.5, 0.6) is 0 Å². The fourth-order valence-electron chi connectivity index (χ4n) is 2.15. The van der Waals surface area contributed by atoms with E-state index in [0.717, 1.165) is 0 Å².